The summed E-state index contributed by atoms with van der Waals surface area (Å²) in [4.78, 5) is 0. The number of phenols is 1. The van der Waals surface area contributed by atoms with Gasteiger partial charge in [-0.05, 0) is 57.9 Å². The Morgan fingerprint density at radius 2 is 1.35 bits per heavy atom. The first-order valence-electron chi connectivity index (χ1n) is 12.3. The molecule has 6 nitrogen and oxygen atoms in total. The molecule has 2 aliphatic carbocycles. The van der Waals surface area contributed by atoms with Crippen LogP contribution in [0.15, 0.2) is 95.3 Å². The first-order valence-corrected chi connectivity index (χ1v) is 12.3. The highest BCUT2D eigenvalue weighted by atomic mass is 16.3. The number of aliphatic hydroxyl groups excluding tert-OH is 5. The molecule has 0 amide bonds. The second-order valence-electron chi connectivity index (χ2n) is 9.41. The molecule has 2 aliphatic rings. The monoisotopic (exact) mass is 498 g/mol. The molecule has 3 aromatic carbocycles. The Bertz CT molecular complexity index is 1400. The Morgan fingerprint density at radius 3 is 1.92 bits per heavy atom. The van der Waals surface area contributed by atoms with Crippen molar-refractivity contribution >= 4 is 0 Å². The Labute approximate surface area is 215 Å². The molecule has 0 aliphatic heterocycles. The maximum absolute atomic E-state index is 10.8. The highest BCUT2D eigenvalue weighted by molar-refractivity contribution is 5.86. The van der Waals surface area contributed by atoms with Gasteiger partial charge in [0.05, 0.1) is 25.2 Å². The first-order chi connectivity index (χ1) is 18.0. The number of allylic oxidation sites excluding steroid dienone is 2. The number of rotatable bonds is 7. The Morgan fingerprint density at radius 1 is 0.730 bits per heavy atom. The lowest BCUT2D eigenvalue weighted by Gasteiger charge is -2.36. The van der Waals surface area contributed by atoms with E-state index in [0.29, 0.717) is 28.7 Å². The van der Waals surface area contributed by atoms with E-state index < -0.39 is 12.0 Å². The zero-order valence-corrected chi connectivity index (χ0v) is 20.4. The molecule has 0 bridgehead atoms. The van der Waals surface area contributed by atoms with E-state index in [9.17, 15) is 30.6 Å². The van der Waals surface area contributed by atoms with Crippen molar-refractivity contribution < 1.29 is 30.6 Å². The molecule has 190 valence electrons. The number of fused-ring (bicyclic) bond motifs is 3. The normalized spacial score (nSPS) is 16.1. The molecule has 0 saturated heterocycles. The van der Waals surface area contributed by atoms with Crippen molar-refractivity contribution in [3.05, 3.63) is 123 Å². The fourth-order valence-electron chi connectivity index (χ4n) is 5.88. The van der Waals surface area contributed by atoms with Gasteiger partial charge in [-0.2, -0.15) is 0 Å². The van der Waals surface area contributed by atoms with E-state index in [1.165, 1.54) is 0 Å². The largest absolute Gasteiger partial charge is 0.507 e. The number of hydrogen-bond donors (Lipinski definition) is 6. The second kappa shape index (κ2) is 10.00. The molecule has 0 fully saturated rings. The average molecular weight is 499 g/mol. The third-order valence-electron chi connectivity index (χ3n) is 7.55. The van der Waals surface area contributed by atoms with E-state index in [1.807, 2.05) is 30.3 Å². The summed E-state index contributed by atoms with van der Waals surface area (Å²) in [6.45, 7) is -1.34. The van der Waals surface area contributed by atoms with E-state index in [1.54, 1.807) is 18.2 Å². The number of aliphatic hydroxyl groups is 5. The van der Waals surface area contributed by atoms with Crippen LogP contribution in [-0.2, 0) is 18.4 Å². The van der Waals surface area contributed by atoms with Gasteiger partial charge in [-0.3, -0.25) is 0 Å². The second-order valence-corrected chi connectivity index (χ2v) is 9.41. The van der Waals surface area contributed by atoms with Gasteiger partial charge in [0.15, 0.2) is 0 Å². The van der Waals surface area contributed by atoms with Crippen LogP contribution in [0.25, 0.3) is 11.1 Å². The van der Waals surface area contributed by atoms with Gasteiger partial charge in [-0.15, -0.1) is 0 Å². The highest BCUT2D eigenvalue weighted by Gasteiger charge is 2.47. The van der Waals surface area contributed by atoms with Crippen LogP contribution in [0, 0.1) is 0 Å². The highest BCUT2D eigenvalue weighted by Crippen LogP contribution is 2.58. The Balaban J connectivity index is 1.93. The maximum atomic E-state index is 10.8. The summed E-state index contributed by atoms with van der Waals surface area (Å²) in [5.74, 6) is -0.182. The Kier molecular flexibility index (Phi) is 6.75. The van der Waals surface area contributed by atoms with Gasteiger partial charge in [0, 0.05) is 23.3 Å². The van der Waals surface area contributed by atoms with Crippen LogP contribution in [0.1, 0.15) is 34.2 Å². The molecule has 0 spiro atoms. The fraction of sp³-hybridized carbons (Fsp3) is 0.226. The lowest BCUT2D eigenvalue weighted by molar-refractivity contribution is 0.273. The fourth-order valence-corrected chi connectivity index (χ4v) is 5.88. The van der Waals surface area contributed by atoms with Gasteiger partial charge in [0.1, 0.15) is 11.5 Å². The first kappa shape index (κ1) is 25.0. The van der Waals surface area contributed by atoms with Gasteiger partial charge < -0.3 is 30.6 Å². The van der Waals surface area contributed by atoms with E-state index >= 15 is 0 Å². The van der Waals surface area contributed by atoms with Crippen molar-refractivity contribution in [2.75, 3.05) is 19.8 Å². The third kappa shape index (κ3) is 3.81. The molecule has 0 heterocycles. The summed E-state index contributed by atoms with van der Waals surface area (Å²) in [7, 11) is 0. The van der Waals surface area contributed by atoms with Crippen LogP contribution < -0.4 is 0 Å². The number of aromatic hydroxyl groups is 1. The molecule has 0 unspecified atom stereocenters. The van der Waals surface area contributed by atoms with E-state index in [0.717, 1.165) is 33.4 Å². The predicted molar refractivity (Wildman–Crippen MR) is 141 cm³/mol. The zero-order chi connectivity index (χ0) is 26.2. The standard InChI is InChI=1S/C31H30O6/c32-12-11-19-13-24(15-22(18-35)29(19)36)31(23-10-9-20(16-33)30(37)21(14-23)17-34)27-7-3-1-5-25(27)26-6-2-4-8-28(26)31/h1-9,13-15,32-37H,10-12,16-18H2. The molecule has 0 atom stereocenters. The summed E-state index contributed by atoms with van der Waals surface area (Å²) >= 11 is 0. The SMILES string of the molecule is OCCc1cc(C2(C3=CC(CO)=C(O)C(CO)=CC3)c3ccccc3-c3ccccc32)cc(CO)c1O. The van der Waals surface area contributed by atoms with Crippen molar-refractivity contribution in [1.29, 1.82) is 0 Å². The van der Waals surface area contributed by atoms with Crippen LogP contribution >= 0.6 is 0 Å². The molecule has 6 heteroatoms. The minimum Gasteiger partial charge on any atom is -0.507 e. The molecular weight excluding hydrogens is 468 g/mol. The molecule has 3 aromatic rings. The van der Waals surface area contributed by atoms with Gasteiger partial charge >= 0.3 is 0 Å². The van der Waals surface area contributed by atoms with E-state index in [-0.39, 0.29) is 37.8 Å². The zero-order valence-electron chi connectivity index (χ0n) is 20.4. The minimum absolute atomic E-state index is 0.0408. The summed E-state index contributed by atoms with van der Waals surface area (Å²) in [6, 6.07) is 19.8. The molecule has 6 N–H and O–H groups in total. The summed E-state index contributed by atoms with van der Waals surface area (Å²) < 4.78 is 0. The van der Waals surface area contributed by atoms with Crippen molar-refractivity contribution in [2.24, 2.45) is 0 Å². The molecule has 0 saturated carbocycles. The van der Waals surface area contributed by atoms with Crippen LogP contribution in [0.2, 0.25) is 0 Å². The van der Waals surface area contributed by atoms with E-state index in [2.05, 4.69) is 24.3 Å². The van der Waals surface area contributed by atoms with Crippen molar-refractivity contribution in [3.63, 3.8) is 0 Å². The van der Waals surface area contributed by atoms with Crippen molar-refractivity contribution in [1.82, 2.24) is 0 Å². The lowest BCUT2D eigenvalue weighted by atomic mass is 9.65. The van der Waals surface area contributed by atoms with E-state index in [4.69, 9.17) is 0 Å². The Hall–Kier alpha value is -3.68. The molecule has 37 heavy (non-hydrogen) atoms. The summed E-state index contributed by atoms with van der Waals surface area (Å²) in [5, 5.41) is 61.5. The van der Waals surface area contributed by atoms with Gasteiger partial charge in [0.2, 0.25) is 0 Å². The van der Waals surface area contributed by atoms with Crippen LogP contribution in [0.5, 0.6) is 5.75 Å². The molecular formula is C31H30O6. The topological polar surface area (TPSA) is 121 Å². The predicted octanol–water partition coefficient (Wildman–Crippen LogP) is 3.79. The van der Waals surface area contributed by atoms with Crippen LogP contribution in [0.3, 0.4) is 0 Å². The molecule has 0 aromatic heterocycles. The summed E-state index contributed by atoms with van der Waals surface area (Å²) in [6.07, 6.45) is 4.15. The van der Waals surface area contributed by atoms with Crippen LogP contribution in [0.4, 0.5) is 0 Å². The van der Waals surface area contributed by atoms with Gasteiger partial charge in [-0.25, -0.2) is 0 Å². The minimum atomic E-state index is -0.892. The third-order valence-corrected chi connectivity index (χ3v) is 7.55. The van der Waals surface area contributed by atoms with Gasteiger partial charge in [0.25, 0.3) is 0 Å². The quantitative estimate of drug-likeness (QED) is 0.295. The maximum Gasteiger partial charge on any atom is 0.126 e. The average Bonchev–Trinajstić information content (AvgIpc) is 3.12. The van der Waals surface area contributed by atoms with Crippen molar-refractivity contribution in [2.45, 2.75) is 24.9 Å². The smallest absolute Gasteiger partial charge is 0.126 e. The van der Waals surface area contributed by atoms with Crippen LogP contribution in [-0.4, -0.2) is 50.5 Å². The molecule has 5 rings (SSSR count). The number of hydrogen-bond acceptors (Lipinski definition) is 6. The summed E-state index contributed by atoms with van der Waals surface area (Å²) in [5.41, 5.74) is 6.32. The van der Waals surface area contributed by atoms with Gasteiger partial charge in [-0.1, -0.05) is 66.7 Å². The molecule has 0 radical (unpaired) electrons. The van der Waals surface area contributed by atoms with Crippen molar-refractivity contribution in [3.8, 4) is 16.9 Å². The lowest BCUT2D eigenvalue weighted by Crippen LogP contribution is -2.30. The number of benzene rings is 3.